The molecule has 1 N–H and O–H groups in total. The van der Waals surface area contributed by atoms with Gasteiger partial charge < -0.3 is 19.7 Å². The number of benzene rings is 3. The molecule has 0 unspecified atom stereocenters. The maximum Gasteiger partial charge on any atom is 0.264 e. The number of amides is 2. The molecule has 3 rings (SSSR count). The molecule has 0 heterocycles. The summed E-state index contributed by atoms with van der Waals surface area (Å²) < 4.78 is 53.1. The van der Waals surface area contributed by atoms with Crippen LogP contribution in [0.4, 0.5) is 10.1 Å². The van der Waals surface area contributed by atoms with E-state index < -0.39 is 40.2 Å². The van der Waals surface area contributed by atoms with E-state index in [4.69, 9.17) is 21.1 Å². The Kier molecular flexibility index (Phi) is 11.0. The number of sulfonamides is 1. The highest BCUT2D eigenvalue weighted by atomic mass is 35.5. The fraction of sp³-hybridized carbons (Fsp3) is 0.310. The first-order valence-electron chi connectivity index (χ1n) is 12.8. The predicted molar refractivity (Wildman–Crippen MR) is 155 cm³/mol. The number of nitrogens with one attached hydrogen (secondary N) is 1. The Morgan fingerprint density at radius 2 is 1.66 bits per heavy atom. The summed E-state index contributed by atoms with van der Waals surface area (Å²) in [6.07, 6.45) is 0.693. The van der Waals surface area contributed by atoms with Crippen LogP contribution in [0.25, 0.3) is 0 Å². The van der Waals surface area contributed by atoms with Crippen LogP contribution in [0.5, 0.6) is 11.5 Å². The van der Waals surface area contributed by atoms with Crippen molar-refractivity contribution in [1.29, 1.82) is 0 Å². The van der Waals surface area contributed by atoms with E-state index in [0.717, 1.165) is 16.4 Å². The molecule has 0 aromatic heterocycles. The molecule has 220 valence electrons. The molecule has 0 radical (unpaired) electrons. The van der Waals surface area contributed by atoms with E-state index in [9.17, 15) is 22.4 Å². The molecule has 0 saturated heterocycles. The number of methoxy groups -OCH3 is 2. The second-order valence-corrected chi connectivity index (χ2v) is 11.4. The van der Waals surface area contributed by atoms with E-state index in [1.54, 1.807) is 31.2 Å². The Bertz CT molecular complexity index is 1470. The zero-order valence-corrected chi connectivity index (χ0v) is 24.8. The average molecular weight is 606 g/mol. The lowest BCUT2D eigenvalue weighted by Crippen LogP contribution is -2.51. The Balaban J connectivity index is 2.07. The Morgan fingerprint density at radius 3 is 2.27 bits per heavy atom. The minimum atomic E-state index is -4.39. The second kappa shape index (κ2) is 14.2. The van der Waals surface area contributed by atoms with E-state index in [0.29, 0.717) is 29.3 Å². The quantitative estimate of drug-likeness (QED) is 0.304. The second-order valence-electron chi connectivity index (χ2n) is 9.08. The molecule has 3 aromatic carbocycles. The molecule has 41 heavy (non-hydrogen) atoms. The number of hydrogen-bond acceptors (Lipinski definition) is 6. The summed E-state index contributed by atoms with van der Waals surface area (Å²) in [5.41, 5.74) is 0.629. The maximum absolute atomic E-state index is 14.0. The predicted octanol–water partition coefficient (Wildman–Crippen LogP) is 4.64. The number of hydrogen-bond donors (Lipinski definition) is 1. The zero-order chi connectivity index (χ0) is 30.2. The molecule has 0 aliphatic heterocycles. The Labute approximate surface area is 244 Å². The first-order chi connectivity index (χ1) is 19.5. The topological polar surface area (TPSA) is 105 Å². The van der Waals surface area contributed by atoms with Crippen molar-refractivity contribution in [2.45, 2.75) is 37.8 Å². The number of halogens is 2. The SMILES string of the molecule is CCCNC(=O)[C@H](C)N(Cc1ccccc1Cl)C(=O)CN(c1ccc(F)cc1)S(=O)(=O)c1ccc(OC)c(OC)c1. The van der Waals surface area contributed by atoms with Crippen molar-refractivity contribution in [1.82, 2.24) is 10.2 Å². The normalized spacial score (nSPS) is 11.9. The van der Waals surface area contributed by atoms with Gasteiger partial charge in [-0.15, -0.1) is 0 Å². The fourth-order valence-electron chi connectivity index (χ4n) is 4.03. The van der Waals surface area contributed by atoms with Gasteiger partial charge in [-0.1, -0.05) is 36.7 Å². The molecule has 0 aliphatic rings. The van der Waals surface area contributed by atoms with Crippen molar-refractivity contribution in [3.63, 3.8) is 0 Å². The van der Waals surface area contributed by atoms with Crippen LogP contribution in [0.3, 0.4) is 0 Å². The first-order valence-corrected chi connectivity index (χ1v) is 14.7. The smallest absolute Gasteiger partial charge is 0.264 e. The van der Waals surface area contributed by atoms with Gasteiger partial charge in [0.05, 0.1) is 24.8 Å². The Hall–Kier alpha value is -3.83. The van der Waals surface area contributed by atoms with Gasteiger partial charge in [0.1, 0.15) is 18.4 Å². The van der Waals surface area contributed by atoms with Crippen molar-refractivity contribution in [2.75, 3.05) is 31.6 Å². The molecule has 0 saturated carbocycles. The minimum absolute atomic E-state index is 0.0487. The van der Waals surface area contributed by atoms with E-state index in [-0.39, 0.29) is 22.9 Å². The molecule has 1 atom stereocenters. The van der Waals surface area contributed by atoms with Gasteiger partial charge in [0.15, 0.2) is 11.5 Å². The van der Waals surface area contributed by atoms with Gasteiger partial charge in [-0.2, -0.15) is 0 Å². The summed E-state index contributed by atoms with van der Waals surface area (Å²) in [6.45, 7) is 3.14. The van der Waals surface area contributed by atoms with Crippen LogP contribution in [0.15, 0.2) is 71.6 Å². The minimum Gasteiger partial charge on any atom is -0.493 e. The van der Waals surface area contributed by atoms with E-state index in [2.05, 4.69) is 5.32 Å². The summed E-state index contributed by atoms with van der Waals surface area (Å²) in [5, 5.41) is 3.16. The van der Waals surface area contributed by atoms with Crippen molar-refractivity contribution < 1.29 is 31.9 Å². The lowest BCUT2D eigenvalue weighted by atomic mass is 10.1. The van der Waals surface area contributed by atoms with Crippen LogP contribution in [-0.2, 0) is 26.2 Å². The molecule has 9 nitrogen and oxygen atoms in total. The van der Waals surface area contributed by atoms with Gasteiger partial charge in [0, 0.05) is 24.2 Å². The summed E-state index contributed by atoms with van der Waals surface area (Å²) in [7, 11) is -1.61. The molecule has 0 spiro atoms. The number of ether oxygens (including phenoxy) is 2. The molecule has 12 heteroatoms. The molecule has 2 amide bonds. The van der Waals surface area contributed by atoms with Gasteiger partial charge >= 0.3 is 0 Å². The number of nitrogens with zero attached hydrogens (tertiary/aromatic N) is 2. The summed E-state index contributed by atoms with van der Waals surface area (Å²) in [5.74, 6) is -1.17. The van der Waals surface area contributed by atoms with E-state index in [1.807, 2.05) is 6.92 Å². The lowest BCUT2D eigenvalue weighted by Gasteiger charge is -2.32. The highest BCUT2D eigenvalue weighted by molar-refractivity contribution is 7.92. The molecular formula is C29H33ClFN3O6S. The van der Waals surface area contributed by atoms with Crippen LogP contribution >= 0.6 is 11.6 Å². The van der Waals surface area contributed by atoms with Crippen molar-refractivity contribution in [3.05, 3.63) is 83.1 Å². The third-order valence-electron chi connectivity index (χ3n) is 6.35. The molecule has 3 aromatic rings. The average Bonchev–Trinajstić information content (AvgIpc) is 2.97. The standard InChI is InChI=1S/C29H33ClFN3O6S/c1-5-16-32-29(36)20(2)33(18-21-8-6-7-9-25(21)30)28(35)19-34(23-12-10-22(31)11-13-23)41(37,38)24-14-15-26(39-3)27(17-24)40-4/h6-15,17,20H,5,16,18-19H2,1-4H3,(H,32,36)/t20-/m0/s1. The van der Waals surface area contributed by atoms with Crippen LogP contribution in [0, 0.1) is 5.82 Å². The molecular weight excluding hydrogens is 573 g/mol. The van der Waals surface area contributed by atoms with Gasteiger partial charge in [0.25, 0.3) is 10.0 Å². The highest BCUT2D eigenvalue weighted by Crippen LogP contribution is 2.32. The number of carbonyl (C=O) groups excluding carboxylic acids is 2. The monoisotopic (exact) mass is 605 g/mol. The first kappa shape index (κ1) is 31.7. The molecule has 0 aliphatic carbocycles. The van der Waals surface area contributed by atoms with Gasteiger partial charge in [-0.3, -0.25) is 13.9 Å². The zero-order valence-electron chi connectivity index (χ0n) is 23.3. The molecule has 0 fully saturated rings. The third kappa shape index (κ3) is 7.68. The lowest BCUT2D eigenvalue weighted by molar-refractivity contribution is -0.139. The Morgan fingerprint density at radius 1 is 1.00 bits per heavy atom. The van der Waals surface area contributed by atoms with Crippen molar-refractivity contribution >= 4 is 39.1 Å². The summed E-state index contributed by atoms with van der Waals surface area (Å²) >= 11 is 6.36. The van der Waals surface area contributed by atoms with Crippen molar-refractivity contribution in [2.24, 2.45) is 0 Å². The third-order valence-corrected chi connectivity index (χ3v) is 8.49. The van der Waals surface area contributed by atoms with Gasteiger partial charge in [-0.25, -0.2) is 12.8 Å². The maximum atomic E-state index is 14.0. The van der Waals surface area contributed by atoms with Gasteiger partial charge in [-0.05, 0) is 61.4 Å². The fourth-order valence-corrected chi connectivity index (χ4v) is 5.65. The molecule has 0 bridgehead atoms. The summed E-state index contributed by atoms with van der Waals surface area (Å²) in [6, 6.07) is 14.7. The number of rotatable bonds is 13. The summed E-state index contributed by atoms with van der Waals surface area (Å²) in [4.78, 5) is 27.9. The van der Waals surface area contributed by atoms with E-state index in [1.165, 1.54) is 49.5 Å². The highest BCUT2D eigenvalue weighted by Gasteiger charge is 2.33. The van der Waals surface area contributed by atoms with Crippen LogP contribution in [0.2, 0.25) is 5.02 Å². The van der Waals surface area contributed by atoms with Gasteiger partial charge in [0.2, 0.25) is 11.8 Å². The van der Waals surface area contributed by atoms with Crippen LogP contribution in [-0.4, -0.2) is 58.5 Å². The number of carbonyl (C=O) groups is 2. The van der Waals surface area contributed by atoms with Crippen LogP contribution in [0.1, 0.15) is 25.8 Å². The number of anilines is 1. The van der Waals surface area contributed by atoms with Crippen molar-refractivity contribution in [3.8, 4) is 11.5 Å². The van der Waals surface area contributed by atoms with E-state index >= 15 is 0 Å². The largest absolute Gasteiger partial charge is 0.493 e. The van der Waals surface area contributed by atoms with Crippen LogP contribution < -0.4 is 19.1 Å².